The fourth-order valence-corrected chi connectivity index (χ4v) is 1.65. The lowest BCUT2D eigenvalue weighted by molar-refractivity contribution is 0.424. The zero-order valence-electron chi connectivity index (χ0n) is 12.3. The van der Waals surface area contributed by atoms with Gasteiger partial charge < -0.3 is 10.2 Å². The molecule has 3 heteroatoms. The van der Waals surface area contributed by atoms with Gasteiger partial charge in [-0.2, -0.15) is 0 Å². The van der Waals surface area contributed by atoms with Crippen LogP contribution in [0.1, 0.15) is 26.3 Å². The number of pyridine rings is 1. The third-order valence-corrected chi connectivity index (χ3v) is 2.65. The molecule has 0 radical (unpaired) electrons. The normalized spacial score (nSPS) is 11.1. The summed E-state index contributed by atoms with van der Waals surface area (Å²) in [5.74, 6) is 0.958. The predicted molar refractivity (Wildman–Crippen MR) is 83.4 cm³/mol. The first-order valence-electron chi connectivity index (χ1n) is 6.63. The van der Waals surface area contributed by atoms with E-state index in [9.17, 15) is 0 Å². The van der Waals surface area contributed by atoms with Crippen LogP contribution in [0.25, 0.3) is 0 Å². The Morgan fingerprint density at radius 1 is 1.21 bits per heavy atom. The number of hydrogen-bond donors (Lipinski definition) is 1. The van der Waals surface area contributed by atoms with E-state index in [1.54, 1.807) is 0 Å². The Bertz CT molecular complexity index is 391. The smallest absolute Gasteiger partial charge is 0.129 e. The van der Waals surface area contributed by atoms with Gasteiger partial charge in [0, 0.05) is 31.4 Å². The summed E-state index contributed by atoms with van der Waals surface area (Å²) in [4.78, 5) is 6.63. The number of nitrogens with one attached hydrogen (secondary N) is 1. The summed E-state index contributed by atoms with van der Waals surface area (Å²) in [6.45, 7) is 16.4. The molecule has 1 aromatic rings. The standard InChI is InChI=1S/C16H25N3/c1-6-10-19(11-7-2)15-9-8-14(12-17-15)13-18-16(3,4)5/h6-9,12,18H,1-2,10-11,13H2,3-5H3. The van der Waals surface area contributed by atoms with E-state index in [2.05, 4.69) is 55.2 Å². The highest BCUT2D eigenvalue weighted by atomic mass is 15.2. The van der Waals surface area contributed by atoms with Crippen molar-refractivity contribution in [1.82, 2.24) is 10.3 Å². The average Bonchev–Trinajstić information content (AvgIpc) is 2.36. The third kappa shape index (κ3) is 5.71. The molecular weight excluding hydrogens is 234 g/mol. The maximum atomic E-state index is 4.51. The van der Waals surface area contributed by atoms with Gasteiger partial charge in [0.2, 0.25) is 0 Å². The molecule has 1 aromatic heterocycles. The molecule has 0 aliphatic heterocycles. The molecule has 0 unspecified atom stereocenters. The van der Waals surface area contributed by atoms with Gasteiger partial charge in [0.25, 0.3) is 0 Å². The Morgan fingerprint density at radius 2 is 1.84 bits per heavy atom. The van der Waals surface area contributed by atoms with Crippen LogP contribution in [-0.2, 0) is 6.54 Å². The van der Waals surface area contributed by atoms with Crippen LogP contribution in [0.3, 0.4) is 0 Å². The van der Waals surface area contributed by atoms with Crippen molar-refractivity contribution in [2.24, 2.45) is 0 Å². The average molecular weight is 259 g/mol. The van der Waals surface area contributed by atoms with E-state index in [1.165, 1.54) is 5.56 Å². The number of hydrogen-bond acceptors (Lipinski definition) is 3. The van der Waals surface area contributed by atoms with Crippen LogP contribution < -0.4 is 10.2 Å². The molecule has 0 amide bonds. The molecule has 0 atom stereocenters. The summed E-state index contributed by atoms with van der Waals surface area (Å²) in [5.41, 5.74) is 1.31. The van der Waals surface area contributed by atoms with Crippen molar-refractivity contribution in [2.75, 3.05) is 18.0 Å². The minimum Gasteiger partial charge on any atom is -0.349 e. The van der Waals surface area contributed by atoms with E-state index < -0.39 is 0 Å². The molecule has 0 aliphatic carbocycles. The Hall–Kier alpha value is -1.61. The topological polar surface area (TPSA) is 28.2 Å². The second kappa shape index (κ2) is 7.10. The molecule has 0 bridgehead atoms. The van der Waals surface area contributed by atoms with Crippen molar-refractivity contribution in [3.63, 3.8) is 0 Å². The van der Waals surface area contributed by atoms with Crippen molar-refractivity contribution in [3.8, 4) is 0 Å². The van der Waals surface area contributed by atoms with Crippen molar-refractivity contribution in [1.29, 1.82) is 0 Å². The minimum absolute atomic E-state index is 0.121. The lowest BCUT2D eigenvalue weighted by atomic mass is 10.1. The van der Waals surface area contributed by atoms with Crippen molar-refractivity contribution < 1.29 is 0 Å². The van der Waals surface area contributed by atoms with Crippen LogP contribution in [-0.4, -0.2) is 23.6 Å². The second-order valence-corrected chi connectivity index (χ2v) is 5.61. The first kappa shape index (κ1) is 15.4. The largest absolute Gasteiger partial charge is 0.349 e. The molecule has 1 rings (SSSR count). The molecule has 19 heavy (non-hydrogen) atoms. The summed E-state index contributed by atoms with van der Waals surface area (Å²) in [6.07, 6.45) is 5.67. The van der Waals surface area contributed by atoms with Crippen molar-refractivity contribution in [3.05, 3.63) is 49.2 Å². The highest BCUT2D eigenvalue weighted by Gasteiger charge is 2.09. The lowest BCUT2D eigenvalue weighted by Gasteiger charge is -2.22. The number of rotatable bonds is 7. The third-order valence-electron chi connectivity index (χ3n) is 2.65. The number of anilines is 1. The molecule has 1 heterocycles. The molecule has 3 nitrogen and oxygen atoms in total. The quantitative estimate of drug-likeness (QED) is 0.762. The highest BCUT2D eigenvalue weighted by Crippen LogP contribution is 2.12. The maximum absolute atomic E-state index is 4.51. The second-order valence-electron chi connectivity index (χ2n) is 5.61. The van der Waals surface area contributed by atoms with Crippen LogP contribution in [0.2, 0.25) is 0 Å². The zero-order chi connectivity index (χ0) is 14.3. The Morgan fingerprint density at radius 3 is 2.26 bits per heavy atom. The summed E-state index contributed by atoms with van der Waals surface area (Å²) in [6, 6.07) is 4.16. The first-order valence-corrected chi connectivity index (χ1v) is 6.63. The molecule has 0 aromatic carbocycles. The van der Waals surface area contributed by atoms with E-state index in [1.807, 2.05) is 24.4 Å². The summed E-state index contributed by atoms with van der Waals surface area (Å²) < 4.78 is 0. The Labute approximate surface area is 117 Å². The SMILES string of the molecule is C=CCN(CC=C)c1ccc(CNC(C)(C)C)cn1. The van der Waals surface area contributed by atoms with E-state index >= 15 is 0 Å². The minimum atomic E-state index is 0.121. The van der Waals surface area contributed by atoms with Gasteiger partial charge in [0.1, 0.15) is 5.82 Å². The highest BCUT2D eigenvalue weighted by molar-refractivity contribution is 5.40. The molecule has 0 spiro atoms. The zero-order valence-corrected chi connectivity index (χ0v) is 12.3. The Kier molecular flexibility index (Phi) is 5.77. The van der Waals surface area contributed by atoms with Gasteiger partial charge in [-0.3, -0.25) is 0 Å². The van der Waals surface area contributed by atoms with Gasteiger partial charge in [-0.05, 0) is 32.4 Å². The fraction of sp³-hybridized carbons (Fsp3) is 0.438. The van der Waals surface area contributed by atoms with Gasteiger partial charge in [0.15, 0.2) is 0 Å². The van der Waals surface area contributed by atoms with Crippen LogP contribution in [0.15, 0.2) is 43.6 Å². The molecule has 0 saturated carbocycles. The van der Waals surface area contributed by atoms with Crippen LogP contribution in [0.5, 0.6) is 0 Å². The Balaban J connectivity index is 2.68. The maximum Gasteiger partial charge on any atom is 0.129 e. The predicted octanol–water partition coefficient (Wildman–Crippen LogP) is 3.15. The van der Waals surface area contributed by atoms with Gasteiger partial charge in [-0.15, -0.1) is 13.2 Å². The summed E-state index contributed by atoms with van der Waals surface area (Å²) in [7, 11) is 0. The van der Waals surface area contributed by atoms with Crippen LogP contribution in [0.4, 0.5) is 5.82 Å². The number of nitrogens with zero attached hydrogens (tertiary/aromatic N) is 2. The molecule has 104 valence electrons. The fourth-order valence-electron chi connectivity index (χ4n) is 1.65. The molecule has 0 aliphatic rings. The summed E-state index contributed by atoms with van der Waals surface area (Å²) >= 11 is 0. The van der Waals surface area contributed by atoms with E-state index in [-0.39, 0.29) is 5.54 Å². The van der Waals surface area contributed by atoms with Gasteiger partial charge in [-0.25, -0.2) is 4.98 Å². The van der Waals surface area contributed by atoms with Crippen LogP contribution >= 0.6 is 0 Å². The van der Waals surface area contributed by atoms with Crippen LogP contribution in [0, 0.1) is 0 Å². The van der Waals surface area contributed by atoms with E-state index in [0.717, 1.165) is 25.5 Å². The number of aromatic nitrogens is 1. The lowest BCUT2D eigenvalue weighted by Crippen LogP contribution is -2.35. The molecular formula is C16H25N3. The molecule has 1 N–H and O–H groups in total. The van der Waals surface area contributed by atoms with Crippen molar-refractivity contribution >= 4 is 5.82 Å². The van der Waals surface area contributed by atoms with Gasteiger partial charge in [0.05, 0.1) is 0 Å². The molecule has 0 fully saturated rings. The monoisotopic (exact) mass is 259 g/mol. The summed E-state index contributed by atoms with van der Waals surface area (Å²) in [5, 5.41) is 3.45. The van der Waals surface area contributed by atoms with Crippen molar-refractivity contribution in [2.45, 2.75) is 32.9 Å². The van der Waals surface area contributed by atoms with Gasteiger partial charge >= 0.3 is 0 Å². The molecule has 0 saturated heterocycles. The van der Waals surface area contributed by atoms with E-state index in [4.69, 9.17) is 0 Å². The van der Waals surface area contributed by atoms with E-state index in [0.29, 0.717) is 0 Å². The van der Waals surface area contributed by atoms with Gasteiger partial charge in [-0.1, -0.05) is 18.2 Å². The first-order chi connectivity index (χ1) is 8.96.